The van der Waals surface area contributed by atoms with Crippen molar-refractivity contribution in [3.8, 4) is 17.2 Å². The zero-order valence-corrected chi connectivity index (χ0v) is 21.1. The van der Waals surface area contributed by atoms with Crippen LogP contribution in [0.1, 0.15) is 56.1 Å². The average Bonchev–Trinajstić information content (AvgIpc) is 3.36. The van der Waals surface area contributed by atoms with Gasteiger partial charge in [-0.2, -0.15) is 0 Å². The van der Waals surface area contributed by atoms with Gasteiger partial charge in [0.05, 0.1) is 25.6 Å². The van der Waals surface area contributed by atoms with E-state index in [4.69, 9.17) is 14.2 Å². The number of halogens is 1. The lowest BCUT2D eigenvalue weighted by Gasteiger charge is -2.38. The van der Waals surface area contributed by atoms with Crippen molar-refractivity contribution in [3.63, 3.8) is 0 Å². The maximum Gasteiger partial charge on any atom is 0.161 e. The molecule has 1 aliphatic carbocycles. The van der Waals surface area contributed by atoms with E-state index in [1.54, 1.807) is 26.2 Å². The number of rotatable bonds is 9. The highest BCUT2D eigenvalue weighted by atomic mass is 19.1. The molecule has 1 atom stereocenters. The molecule has 2 aromatic carbocycles. The lowest BCUT2D eigenvalue weighted by molar-refractivity contribution is 0.200. The van der Waals surface area contributed by atoms with E-state index in [-0.39, 0.29) is 17.8 Å². The van der Waals surface area contributed by atoms with Crippen LogP contribution in [0.3, 0.4) is 0 Å². The molecule has 0 radical (unpaired) electrons. The first-order chi connectivity index (χ1) is 17.0. The number of hydrogen-bond donors (Lipinski definition) is 1. The van der Waals surface area contributed by atoms with Crippen molar-refractivity contribution < 1.29 is 18.6 Å². The predicted octanol–water partition coefficient (Wildman–Crippen LogP) is 6.30. The van der Waals surface area contributed by atoms with Crippen molar-refractivity contribution in [1.82, 2.24) is 10.2 Å². The van der Waals surface area contributed by atoms with Gasteiger partial charge in [0, 0.05) is 24.6 Å². The zero-order chi connectivity index (χ0) is 24.8. The van der Waals surface area contributed by atoms with Gasteiger partial charge in [0.2, 0.25) is 0 Å². The van der Waals surface area contributed by atoms with Gasteiger partial charge in [0.15, 0.2) is 11.5 Å². The first kappa shape index (κ1) is 25.0. The van der Waals surface area contributed by atoms with Crippen molar-refractivity contribution in [1.29, 1.82) is 0 Å². The van der Waals surface area contributed by atoms with Gasteiger partial charge in [-0.05, 0) is 74.9 Å². The van der Waals surface area contributed by atoms with Crippen LogP contribution in [-0.2, 0) is 0 Å². The van der Waals surface area contributed by atoms with Crippen LogP contribution < -0.4 is 19.5 Å². The Balaban J connectivity index is 1.49. The highest BCUT2D eigenvalue weighted by molar-refractivity contribution is 5.44. The van der Waals surface area contributed by atoms with Crippen LogP contribution in [0.5, 0.6) is 17.2 Å². The fourth-order valence-corrected chi connectivity index (χ4v) is 4.86. The van der Waals surface area contributed by atoms with E-state index in [1.807, 2.05) is 6.07 Å². The molecule has 0 amide bonds. The first-order valence-electron chi connectivity index (χ1n) is 12.6. The Morgan fingerprint density at radius 3 is 2.71 bits per heavy atom. The smallest absolute Gasteiger partial charge is 0.161 e. The Kier molecular flexibility index (Phi) is 8.21. The van der Waals surface area contributed by atoms with Gasteiger partial charge in [-0.1, -0.05) is 25.6 Å². The van der Waals surface area contributed by atoms with Gasteiger partial charge < -0.3 is 24.4 Å². The summed E-state index contributed by atoms with van der Waals surface area (Å²) in [5.74, 6) is 3.72. The van der Waals surface area contributed by atoms with Gasteiger partial charge in [-0.15, -0.1) is 0 Å². The van der Waals surface area contributed by atoms with Crippen molar-refractivity contribution in [2.24, 2.45) is 0 Å². The van der Waals surface area contributed by atoms with Gasteiger partial charge >= 0.3 is 0 Å². The Hall–Kier alpha value is -3.15. The number of nitrogens with one attached hydrogen (secondary N) is 1. The molecule has 1 N–H and O–H groups in total. The number of ether oxygens (including phenoxy) is 3. The molecular formula is C29H37FN2O3. The van der Waals surface area contributed by atoms with Crippen molar-refractivity contribution >= 4 is 0 Å². The van der Waals surface area contributed by atoms with Crippen molar-refractivity contribution in [2.45, 2.75) is 58.0 Å². The fourth-order valence-electron chi connectivity index (χ4n) is 4.86. The summed E-state index contributed by atoms with van der Waals surface area (Å²) in [7, 11) is 1.69. The fraction of sp³-hybridized carbons (Fsp3) is 0.448. The Labute approximate surface area is 208 Å². The molecule has 0 bridgehead atoms. The highest BCUT2D eigenvalue weighted by Gasteiger charge is 2.26. The lowest BCUT2D eigenvalue weighted by atomic mass is 9.96. The molecule has 1 heterocycles. The first-order valence-corrected chi connectivity index (χ1v) is 12.6. The van der Waals surface area contributed by atoms with E-state index in [0.29, 0.717) is 23.6 Å². The van der Waals surface area contributed by atoms with E-state index in [0.717, 1.165) is 49.7 Å². The summed E-state index contributed by atoms with van der Waals surface area (Å²) in [6.45, 7) is 10.1. The normalized spacial score (nSPS) is 19.5. The maximum absolute atomic E-state index is 13.9. The lowest BCUT2D eigenvalue weighted by Crippen LogP contribution is -2.45. The predicted molar refractivity (Wildman–Crippen MR) is 137 cm³/mol. The number of nitrogens with zero attached hydrogens (tertiary/aromatic N) is 1. The quantitative estimate of drug-likeness (QED) is 0.427. The number of hydrogen-bond acceptors (Lipinski definition) is 5. The van der Waals surface area contributed by atoms with Crippen molar-refractivity contribution in [3.05, 3.63) is 77.6 Å². The van der Waals surface area contributed by atoms with Gasteiger partial charge in [0.1, 0.15) is 17.3 Å². The Bertz CT molecular complexity index is 1060. The molecule has 2 aliphatic rings. The molecule has 1 unspecified atom stereocenters. The number of allylic oxidation sites excluding steroid dienone is 1. The summed E-state index contributed by atoms with van der Waals surface area (Å²) >= 11 is 0. The monoisotopic (exact) mass is 480 g/mol. The van der Waals surface area contributed by atoms with E-state index in [2.05, 4.69) is 41.9 Å². The van der Waals surface area contributed by atoms with Crippen LogP contribution in [0.25, 0.3) is 0 Å². The molecule has 0 aromatic heterocycles. The van der Waals surface area contributed by atoms with E-state index < -0.39 is 0 Å². The van der Waals surface area contributed by atoms with Gasteiger partial charge in [0.25, 0.3) is 0 Å². The maximum atomic E-state index is 13.9. The summed E-state index contributed by atoms with van der Waals surface area (Å²) < 4.78 is 31.8. The molecule has 0 spiro atoms. The minimum atomic E-state index is -0.281. The summed E-state index contributed by atoms with van der Waals surface area (Å²) in [5.41, 5.74) is 1.69. The molecule has 4 rings (SSSR count). The molecule has 1 saturated heterocycles. The summed E-state index contributed by atoms with van der Waals surface area (Å²) in [6.07, 6.45) is 8.02. The molecule has 2 aromatic rings. The number of benzene rings is 2. The number of methoxy groups -OCH3 is 1. The molecule has 2 fully saturated rings. The van der Waals surface area contributed by atoms with Crippen LogP contribution in [0, 0.1) is 12.7 Å². The second kappa shape index (κ2) is 11.5. The van der Waals surface area contributed by atoms with Crippen LogP contribution in [0.15, 0.2) is 60.6 Å². The van der Waals surface area contributed by atoms with Crippen LogP contribution in [0.2, 0.25) is 0 Å². The molecule has 35 heavy (non-hydrogen) atoms. The minimum Gasteiger partial charge on any atom is -0.493 e. The van der Waals surface area contributed by atoms with E-state index in [1.165, 1.54) is 24.5 Å². The molecule has 6 heteroatoms. The van der Waals surface area contributed by atoms with Gasteiger partial charge in [-0.3, -0.25) is 0 Å². The molecule has 188 valence electrons. The van der Waals surface area contributed by atoms with Crippen LogP contribution >= 0.6 is 0 Å². The molecule has 1 aliphatic heterocycles. The molecule has 1 saturated carbocycles. The standard InChI is InChI=1S/C29H37FN2O3/c1-5-9-29-31-17-23(19-32(29)18-20(2)34-26-13-8-12-25(30)21(26)3)22-14-15-27(33-4)28(16-22)35-24-10-6-7-11-24/h8-9,12-16,23-24,31H,2,5-7,10-11,17-19H2,1,3-4H3. The summed E-state index contributed by atoms with van der Waals surface area (Å²) in [4.78, 5) is 2.25. The minimum absolute atomic E-state index is 0.254. The van der Waals surface area contributed by atoms with Crippen LogP contribution in [0.4, 0.5) is 4.39 Å². The Morgan fingerprint density at radius 2 is 1.97 bits per heavy atom. The molecular weight excluding hydrogens is 443 g/mol. The van der Waals surface area contributed by atoms with Crippen LogP contribution in [-0.4, -0.2) is 37.7 Å². The highest BCUT2D eigenvalue weighted by Crippen LogP contribution is 2.35. The largest absolute Gasteiger partial charge is 0.493 e. The second-order valence-corrected chi connectivity index (χ2v) is 9.39. The van der Waals surface area contributed by atoms with Crippen molar-refractivity contribution in [2.75, 3.05) is 26.7 Å². The van der Waals surface area contributed by atoms with Gasteiger partial charge in [-0.25, -0.2) is 4.39 Å². The third-order valence-electron chi connectivity index (χ3n) is 6.80. The average molecular weight is 481 g/mol. The SMILES string of the molecule is C=C(CN1CC(c2ccc(OC)c(OC3CCCC3)c2)CNC1=CCC)Oc1cccc(F)c1C. The van der Waals surface area contributed by atoms with E-state index in [9.17, 15) is 4.39 Å². The zero-order valence-electron chi connectivity index (χ0n) is 21.1. The topological polar surface area (TPSA) is 43.0 Å². The third-order valence-corrected chi connectivity index (χ3v) is 6.80. The summed E-state index contributed by atoms with van der Waals surface area (Å²) in [6, 6.07) is 11.1. The second-order valence-electron chi connectivity index (χ2n) is 9.39. The third kappa shape index (κ3) is 6.11. The summed E-state index contributed by atoms with van der Waals surface area (Å²) in [5, 5.41) is 3.59. The molecule has 5 nitrogen and oxygen atoms in total. The van der Waals surface area contributed by atoms with E-state index >= 15 is 0 Å². The Morgan fingerprint density at radius 1 is 1.17 bits per heavy atom.